The number of carboxylic acids is 1. The fourth-order valence-corrected chi connectivity index (χ4v) is 3.57. The van der Waals surface area contributed by atoms with Crippen molar-refractivity contribution in [2.24, 2.45) is 0 Å². The summed E-state index contributed by atoms with van der Waals surface area (Å²) in [6.45, 7) is 1.94. The lowest BCUT2D eigenvalue weighted by Crippen LogP contribution is -2.03. The lowest BCUT2D eigenvalue weighted by molar-refractivity contribution is -0.133. The molecule has 0 spiro atoms. The van der Waals surface area contributed by atoms with E-state index >= 15 is 0 Å². The second kappa shape index (κ2) is 6.11. The SMILES string of the molecule is Cc1cnc(SCC(=O)O)n1-c1ccc(Br)cc1Br. The van der Waals surface area contributed by atoms with Gasteiger partial charge in [0, 0.05) is 20.8 Å². The van der Waals surface area contributed by atoms with Crippen LogP contribution in [-0.4, -0.2) is 26.4 Å². The Hall–Kier alpha value is -0.790. The molecule has 0 aliphatic heterocycles. The van der Waals surface area contributed by atoms with Crippen molar-refractivity contribution in [1.82, 2.24) is 9.55 Å². The standard InChI is InChI=1S/C12H10Br2N2O2S/c1-7-5-15-12(19-6-11(17)18)16(7)10-3-2-8(13)4-9(10)14/h2-5H,6H2,1H3,(H,17,18). The van der Waals surface area contributed by atoms with E-state index < -0.39 is 5.97 Å². The number of imidazole rings is 1. The number of halogens is 2. The van der Waals surface area contributed by atoms with Crippen molar-refractivity contribution in [3.8, 4) is 5.69 Å². The van der Waals surface area contributed by atoms with Crippen LogP contribution >= 0.6 is 43.6 Å². The van der Waals surface area contributed by atoms with Gasteiger partial charge in [-0.05, 0) is 41.1 Å². The molecule has 0 unspecified atom stereocenters. The lowest BCUT2D eigenvalue weighted by atomic mass is 10.3. The van der Waals surface area contributed by atoms with E-state index in [-0.39, 0.29) is 5.75 Å². The molecule has 0 atom stereocenters. The average Bonchev–Trinajstić information content (AvgIpc) is 2.68. The normalized spacial score (nSPS) is 10.7. The van der Waals surface area contributed by atoms with Crippen molar-refractivity contribution < 1.29 is 9.90 Å². The van der Waals surface area contributed by atoms with Gasteiger partial charge in [0.05, 0.1) is 11.4 Å². The molecule has 0 bridgehead atoms. The third-order valence-electron chi connectivity index (χ3n) is 2.38. The van der Waals surface area contributed by atoms with Crippen LogP contribution < -0.4 is 0 Å². The number of benzene rings is 1. The van der Waals surface area contributed by atoms with Crippen LogP contribution in [0.2, 0.25) is 0 Å². The Kier molecular flexibility index (Phi) is 4.70. The van der Waals surface area contributed by atoms with E-state index in [1.165, 1.54) is 11.8 Å². The minimum Gasteiger partial charge on any atom is -0.481 e. The molecule has 0 amide bonds. The number of aromatic nitrogens is 2. The topological polar surface area (TPSA) is 55.1 Å². The maximum Gasteiger partial charge on any atom is 0.313 e. The molecule has 1 aromatic carbocycles. The van der Waals surface area contributed by atoms with Gasteiger partial charge in [0.25, 0.3) is 0 Å². The zero-order chi connectivity index (χ0) is 14.0. The van der Waals surface area contributed by atoms with Crippen LogP contribution in [0, 0.1) is 6.92 Å². The largest absolute Gasteiger partial charge is 0.481 e. The number of thioether (sulfide) groups is 1. The maximum absolute atomic E-state index is 10.7. The highest BCUT2D eigenvalue weighted by Gasteiger charge is 2.13. The molecule has 1 aromatic heterocycles. The van der Waals surface area contributed by atoms with Gasteiger partial charge in [0.2, 0.25) is 0 Å². The molecule has 7 heteroatoms. The Morgan fingerprint density at radius 2 is 2.21 bits per heavy atom. The number of rotatable bonds is 4. The van der Waals surface area contributed by atoms with Crippen LogP contribution in [0.3, 0.4) is 0 Å². The minimum atomic E-state index is -0.855. The number of aryl methyl sites for hydroxylation is 1. The van der Waals surface area contributed by atoms with Crippen molar-refractivity contribution in [2.75, 3.05) is 5.75 Å². The van der Waals surface area contributed by atoms with Gasteiger partial charge in [-0.25, -0.2) is 4.98 Å². The predicted octanol–water partition coefficient (Wildman–Crippen LogP) is 3.88. The van der Waals surface area contributed by atoms with Crippen LogP contribution in [0.15, 0.2) is 38.5 Å². The highest BCUT2D eigenvalue weighted by Crippen LogP contribution is 2.30. The Morgan fingerprint density at radius 1 is 1.47 bits per heavy atom. The molecule has 0 fully saturated rings. The first kappa shape index (κ1) is 14.6. The fourth-order valence-electron chi connectivity index (χ4n) is 1.60. The molecular formula is C12H10Br2N2O2S. The third kappa shape index (κ3) is 3.40. The van der Waals surface area contributed by atoms with Crippen LogP contribution in [-0.2, 0) is 4.79 Å². The molecule has 0 aliphatic carbocycles. The zero-order valence-corrected chi connectivity index (χ0v) is 13.9. The summed E-state index contributed by atoms with van der Waals surface area (Å²) in [5, 5.41) is 9.43. The summed E-state index contributed by atoms with van der Waals surface area (Å²) in [7, 11) is 0. The van der Waals surface area contributed by atoms with Gasteiger partial charge in [-0.2, -0.15) is 0 Å². The first-order valence-corrected chi connectivity index (χ1v) is 7.90. The van der Waals surface area contributed by atoms with Gasteiger partial charge in [-0.15, -0.1) is 0 Å². The summed E-state index contributed by atoms with van der Waals surface area (Å²) >= 11 is 8.12. The molecule has 2 aromatic rings. The van der Waals surface area contributed by atoms with Gasteiger partial charge in [0.15, 0.2) is 5.16 Å². The van der Waals surface area contributed by atoms with Crippen LogP contribution in [0.1, 0.15) is 5.69 Å². The van der Waals surface area contributed by atoms with Gasteiger partial charge in [-0.3, -0.25) is 9.36 Å². The van der Waals surface area contributed by atoms with E-state index in [1.54, 1.807) is 6.20 Å². The average molecular weight is 406 g/mol. The molecule has 0 saturated carbocycles. The Morgan fingerprint density at radius 3 is 2.84 bits per heavy atom. The first-order valence-electron chi connectivity index (χ1n) is 5.33. The molecule has 2 rings (SSSR count). The zero-order valence-electron chi connectivity index (χ0n) is 9.93. The number of hydrogen-bond acceptors (Lipinski definition) is 3. The van der Waals surface area contributed by atoms with Gasteiger partial charge >= 0.3 is 5.97 Å². The summed E-state index contributed by atoms with van der Waals surface area (Å²) in [5.41, 5.74) is 1.89. The molecular weight excluding hydrogens is 396 g/mol. The number of carbonyl (C=O) groups is 1. The molecule has 0 saturated heterocycles. The fraction of sp³-hybridized carbons (Fsp3) is 0.167. The molecule has 19 heavy (non-hydrogen) atoms. The summed E-state index contributed by atoms with van der Waals surface area (Å²) in [6, 6.07) is 5.83. The van der Waals surface area contributed by atoms with Crippen molar-refractivity contribution in [3.63, 3.8) is 0 Å². The second-order valence-electron chi connectivity index (χ2n) is 3.80. The van der Waals surface area contributed by atoms with Crippen LogP contribution in [0.25, 0.3) is 5.69 Å². The van der Waals surface area contributed by atoms with E-state index in [9.17, 15) is 4.79 Å². The molecule has 0 radical (unpaired) electrons. The molecule has 100 valence electrons. The number of nitrogens with zero attached hydrogens (tertiary/aromatic N) is 2. The minimum absolute atomic E-state index is 0.00933. The summed E-state index contributed by atoms with van der Waals surface area (Å²) < 4.78 is 3.82. The van der Waals surface area contributed by atoms with E-state index in [1.807, 2.05) is 29.7 Å². The highest BCUT2D eigenvalue weighted by molar-refractivity contribution is 9.11. The van der Waals surface area contributed by atoms with Crippen LogP contribution in [0.5, 0.6) is 0 Å². The van der Waals surface area contributed by atoms with Gasteiger partial charge in [0.1, 0.15) is 0 Å². The smallest absolute Gasteiger partial charge is 0.313 e. The lowest BCUT2D eigenvalue weighted by Gasteiger charge is -2.11. The number of carboxylic acid groups (broad SMARTS) is 1. The monoisotopic (exact) mass is 404 g/mol. The Bertz CT molecular complexity index is 628. The third-order valence-corrected chi connectivity index (χ3v) is 4.45. The van der Waals surface area contributed by atoms with E-state index in [2.05, 4.69) is 36.8 Å². The van der Waals surface area contributed by atoms with Crippen molar-refractivity contribution in [2.45, 2.75) is 12.1 Å². The second-order valence-corrected chi connectivity index (χ2v) is 6.51. The van der Waals surface area contributed by atoms with Crippen molar-refractivity contribution in [1.29, 1.82) is 0 Å². The summed E-state index contributed by atoms with van der Waals surface area (Å²) in [6.07, 6.45) is 1.73. The maximum atomic E-state index is 10.7. The molecule has 1 N–H and O–H groups in total. The Balaban J connectivity index is 2.43. The highest BCUT2D eigenvalue weighted by atomic mass is 79.9. The predicted molar refractivity (Wildman–Crippen MR) is 82.1 cm³/mol. The van der Waals surface area contributed by atoms with E-state index in [0.29, 0.717) is 5.16 Å². The number of aliphatic carboxylic acids is 1. The summed E-state index contributed by atoms with van der Waals surface area (Å²) in [4.78, 5) is 14.9. The molecule has 4 nitrogen and oxygen atoms in total. The molecule has 0 aliphatic rings. The molecule has 1 heterocycles. The quantitative estimate of drug-likeness (QED) is 0.784. The van der Waals surface area contributed by atoms with Crippen LogP contribution in [0.4, 0.5) is 0 Å². The van der Waals surface area contributed by atoms with E-state index in [4.69, 9.17) is 5.11 Å². The Labute approximate surface area is 131 Å². The van der Waals surface area contributed by atoms with Crippen molar-refractivity contribution >= 4 is 49.6 Å². The van der Waals surface area contributed by atoms with E-state index in [0.717, 1.165) is 20.3 Å². The van der Waals surface area contributed by atoms with Gasteiger partial charge in [-0.1, -0.05) is 27.7 Å². The summed E-state index contributed by atoms with van der Waals surface area (Å²) in [5.74, 6) is -0.864. The number of hydrogen-bond donors (Lipinski definition) is 1. The first-order chi connectivity index (χ1) is 8.99. The van der Waals surface area contributed by atoms with Crippen molar-refractivity contribution in [3.05, 3.63) is 39.0 Å². The van der Waals surface area contributed by atoms with Gasteiger partial charge < -0.3 is 5.11 Å².